The van der Waals surface area contributed by atoms with Crippen LogP contribution < -0.4 is 9.46 Å². The Morgan fingerprint density at radius 3 is 2.44 bits per heavy atom. The third-order valence-electron chi connectivity index (χ3n) is 4.87. The van der Waals surface area contributed by atoms with Crippen LogP contribution in [0.3, 0.4) is 0 Å². The van der Waals surface area contributed by atoms with Crippen LogP contribution in [0.15, 0.2) is 18.2 Å². The van der Waals surface area contributed by atoms with Crippen molar-refractivity contribution in [2.75, 3.05) is 25.4 Å². The van der Waals surface area contributed by atoms with Crippen LogP contribution in [0.25, 0.3) is 0 Å². The number of carbonyl (C=O) groups is 1. The van der Waals surface area contributed by atoms with Crippen molar-refractivity contribution < 1.29 is 17.9 Å². The summed E-state index contributed by atoms with van der Waals surface area (Å²) in [5.74, 6) is 0.756. The molecule has 7 heteroatoms. The highest BCUT2D eigenvalue weighted by atomic mass is 32.2. The summed E-state index contributed by atoms with van der Waals surface area (Å²) >= 11 is 0. The molecule has 0 atom stereocenters. The van der Waals surface area contributed by atoms with E-state index in [9.17, 15) is 13.2 Å². The molecule has 1 aliphatic rings. The van der Waals surface area contributed by atoms with Gasteiger partial charge < -0.3 is 9.64 Å². The Bertz CT molecular complexity index is 761. The first-order valence-electron chi connectivity index (χ1n) is 9.53. The predicted molar refractivity (Wildman–Crippen MR) is 108 cm³/mol. The quantitative estimate of drug-likeness (QED) is 0.802. The summed E-state index contributed by atoms with van der Waals surface area (Å²) in [5, 5.41) is 0. The van der Waals surface area contributed by atoms with Gasteiger partial charge in [0.05, 0.1) is 5.75 Å². The second-order valence-corrected chi connectivity index (χ2v) is 10.3. The zero-order valence-corrected chi connectivity index (χ0v) is 17.9. The minimum atomic E-state index is -3.20. The molecule has 1 heterocycles. The largest absolute Gasteiger partial charge is 0.483 e. The minimum absolute atomic E-state index is 0.00249. The maximum atomic E-state index is 12.5. The zero-order chi connectivity index (χ0) is 20.2. The standard InChI is InChI=1S/C20H32N2O4S/c1-6-27(24,25)21-16-9-11-22(12-10-16)19(23)14-26-18-8-7-15(2)13-17(18)20(3,4)5/h7-8,13,16,21H,6,9-12,14H2,1-5H3. The van der Waals surface area contributed by atoms with Crippen molar-refractivity contribution in [3.8, 4) is 5.75 Å². The smallest absolute Gasteiger partial charge is 0.260 e. The van der Waals surface area contributed by atoms with E-state index in [1.165, 1.54) is 0 Å². The number of piperidine rings is 1. The first-order chi connectivity index (χ1) is 12.5. The molecule has 0 saturated carbocycles. The van der Waals surface area contributed by atoms with Gasteiger partial charge >= 0.3 is 0 Å². The summed E-state index contributed by atoms with van der Waals surface area (Å²) in [4.78, 5) is 14.3. The van der Waals surface area contributed by atoms with E-state index in [1.807, 2.05) is 19.1 Å². The number of sulfonamides is 1. The van der Waals surface area contributed by atoms with E-state index < -0.39 is 10.0 Å². The molecule has 0 spiro atoms. The van der Waals surface area contributed by atoms with Crippen LogP contribution in [-0.2, 0) is 20.2 Å². The number of aryl methyl sites for hydroxylation is 1. The van der Waals surface area contributed by atoms with Gasteiger partial charge in [-0.3, -0.25) is 4.79 Å². The molecule has 1 aromatic carbocycles. The number of likely N-dealkylation sites (tertiary alicyclic amines) is 1. The number of hydrogen-bond acceptors (Lipinski definition) is 4. The van der Waals surface area contributed by atoms with Crippen molar-refractivity contribution in [3.63, 3.8) is 0 Å². The summed E-state index contributed by atoms with van der Waals surface area (Å²) < 4.78 is 31.9. The van der Waals surface area contributed by atoms with E-state index in [0.717, 1.165) is 16.9 Å². The van der Waals surface area contributed by atoms with E-state index >= 15 is 0 Å². The maximum Gasteiger partial charge on any atom is 0.260 e. The predicted octanol–water partition coefficient (Wildman–Crippen LogP) is 2.60. The topological polar surface area (TPSA) is 75.7 Å². The van der Waals surface area contributed by atoms with Gasteiger partial charge in [0, 0.05) is 19.1 Å². The van der Waals surface area contributed by atoms with Gasteiger partial charge in [-0.15, -0.1) is 0 Å². The monoisotopic (exact) mass is 396 g/mol. The lowest BCUT2D eigenvalue weighted by atomic mass is 9.85. The molecule has 0 unspecified atom stereocenters. The van der Waals surface area contributed by atoms with Gasteiger partial charge in [0.1, 0.15) is 5.75 Å². The van der Waals surface area contributed by atoms with Crippen molar-refractivity contribution >= 4 is 15.9 Å². The third-order valence-corrected chi connectivity index (χ3v) is 6.32. The van der Waals surface area contributed by atoms with E-state index in [1.54, 1.807) is 11.8 Å². The van der Waals surface area contributed by atoms with E-state index in [-0.39, 0.29) is 29.7 Å². The lowest BCUT2D eigenvalue weighted by Gasteiger charge is -2.32. The summed E-state index contributed by atoms with van der Waals surface area (Å²) in [6.07, 6.45) is 1.26. The molecule has 6 nitrogen and oxygen atoms in total. The zero-order valence-electron chi connectivity index (χ0n) is 17.0. The number of benzene rings is 1. The van der Waals surface area contributed by atoms with Gasteiger partial charge in [-0.25, -0.2) is 13.1 Å². The Balaban J connectivity index is 1.91. The average Bonchev–Trinajstić information content (AvgIpc) is 2.60. The number of hydrogen-bond donors (Lipinski definition) is 1. The summed E-state index contributed by atoms with van der Waals surface area (Å²) in [6, 6.07) is 5.92. The Hall–Kier alpha value is -1.60. The Labute approximate surface area is 163 Å². The lowest BCUT2D eigenvalue weighted by molar-refractivity contribution is -0.134. The van der Waals surface area contributed by atoms with Gasteiger partial charge in [-0.05, 0) is 43.7 Å². The SMILES string of the molecule is CCS(=O)(=O)NC1CCN(C(=O)COc2ccc(C)cc2C(C)(C)C)CC1. The Morgan fingerprint density at radius 2 is 1.89 bits per heavy atom. The molecule has 1 saturated heterocycles. The fourth-order valence-corrected chi connectivity index (χ4v) is 4.08. The van der Waals surface area contributed by atoms with Gasteiger partial charge in [0.25, 0.3) is 5.91 Å². The molecule has 2 rings (SSSR count). The van der Waals surface area contributed by atoms with E-state index in [0.29, 0.717) is 25.9 Å². The van der Waals surface area contributed by atoms with Crippen LogP contribution in [0, 0.1) is 6.92 Å². The van der Waals surface area contributed by atoms with Gasteiger partial charge in [-0.2, -0.15) is 0 Å². The maximum absolute atomic E-state index is 12.5. The van der Waals surface area contributed by atoms with Crippen LogP contribution in [0.1, 0.15) is 51.7 Å². The van der Waals surface area contributed by atoms with Crippen LogP contribution in [0.5, 0.6) is 5.75 Å². The summed E-state index contributed by atoms with van der Waals surface area (Å²) in [7, 11) is -3.20. The fraction of sp³-hybridized carbons (Fsp3) is 0.650. The highest BCUT2D eigenvalue weighted by molar-refractivity contribution is 7.89. The van der Waals surface area contributed by atoms with Gasteiger partial charge in [0.2, 0.25) is 10.0 Å². The van der Waals surface area contributed by atoms with Crippen LogP contribution in [0.2, 0.25) is 0 Å². The Morgan fingerprint density at radius 1 is 1.26 bits per heavy atom. The van der Waals surface area contributed by atoms with Crippen molar-refractivity contribution in [1.82, 2.24) is 9.62 Å². The molecule has 0 aromatic heterocycles. The molecule has 0 aliphatic carbocycles. The fourth-order valence-electron chi connectivity index (χ4n) is 3.17. The number of nitrogens with one attached hydrogen (secondary N) is 1. The van der Waals surface area contributed by atoms with Crippen LogP contribution >= 0.6 is 0 Å². The molecular weight excluding hydrogens is 364 g/mol. The second-order valence-electron chi connectivity index (χ2n) is 8.21. The first-order valence-corrected chi connectivity index (χ1v) is 11.2. The normalized spacial score (nSPS) is 16.4. The van der Waals surface area contributed by atoms with E-state index in [2.05, 4.69) is 31.6 Å². The number of rotatable bonds is 6. The number of amides is 1. The van der Waals surface area contributed by atoms with Crippen LogP contribution in [0.4, 0.5) is 0 Å². The van der Waals surface area contributed by atoms with Crippen LogP contribution in [-0.4, -0.2) is 50.7 Å². The van der Waals surface area contributed by atoms with E-state index in [4.69, 9.17) is 4.74 Å². The average molecular weight is 397 g/mol. The number of nitrogens with zero attached hydrogens (tertiary/aromatic N) is 1. The highest BCUT2D eigenvalue weighted by Gasteiger charge is 2.26. The molecule has 27 heavy (non-hydrogen) atoms. The molecule has 0 radical (unpaired) electrons. The van der Waals surface area contributed by atoms with Gasteiger partial charge in [0.15, 0.2) is 6.61 Å². The number of ether oxygens (including phenoxy) is 1. The Kier molecular flexibility index (Phi) is 6.92. The summed E-state index contributed by atoms with van der Waals surface area (Å²) in [6.45, 7) is 11.1. The van der Waals surface area contributed by atoms with Gasteiger partial charge in [-0.1, -0.05) is 38.5 Å². The summed E-state index contributed by atoms with van der Waals surface area (Å²) in [5.41, 5.74) is 2.18. The third kappa shape index (κ3) is 6.21. The first kappa shape index (κ1) is 21.7. The molecule has 1 fully saturated rings. The number of carbonyl (C=O) groups excluding carboxylic acids is 1. The molecule has 1 aliphatic heterocycles. The molecular formula is C20H32N2O4S. The highest BCUT2D eigenvalue weighted by Crippen LogP contribution is 2.32. The molecule has 152 valence electrons. The second kappa shape index (κ2) is 8.61. The minimum Gasteiger partial charge on any atom is -0.483 e. The van der Waals surface area contributed by atoms with Crippen molar-refractivity contribution in [2.45, 2.75) is 58.9 Å². The molecule has 1 aromatic rings. The lowest BCUT2D eigenvalue weighted by Crippen LogP contribution is -2.47. The molecule has 1 amide bonds. The van der Waals surface area contributed by atoms with Crippen molar-refractivity contribution in [3.05, 3.63) is 29.3 Å². The molecule has 1 N–H and O–H groups in total. The van der Waals surface area contributed by atoms with Crippen molar-refractivity contribution in [2.24, 2.45) is 0 Å². The van der Waals surface area contributed by atoms with Crippen molar-refractivity contribution in [1.29, 1.82) is 0 Å². The molecule has 0 bridgehead atoms.